The zero-order valence-electron chi connectivity index (χ0n) is 11.7. The molecule has 9 heteroatoms. The first-order chi connectivity index (χ1) is 10.3. The molecule has 1 fully saturated rings. The van der Waals surface area contributed by atoms with Crippen molar-refractivity contribution in [2.75, 3.05) is 25.0 Å². The number of alkyl halides is 3. The number of halogens is 4. The maximum Gasteiger partial charge on any atom is 0.417 e. The van der Waals surface area contributed by atoms with E-state index in [0.717, 1.165) is 12.5 Å². The van der Waals surface area contributed by atoms with Crippen molar-refractivity contribution in [1.29, 1.82) is 0 Å². The van der Waals surface area contributed by atoms with Gasteiger partial charge < -0.3 is 16.0 Å². The zero-order valence-corrected chi connectivity index (χ0v) is 12.4. The number of carbonyl (C=O) groups is 1. The van der Waals surface area contributed by atoms with Crippen molar-refractivity contribution >= 4 is 23.3 Å². The van der Waals surface area contributed by atoms with Crippen molar-refractivity contribution in [2.45, 2.75) is 25.1 Å². The third-order valence-corrected chi connectivity index (χ3v) is 3.67. The van der Waals surface area contributed by atoms with Crippen LogP contribution in [-0.2, 0) is 11.0 Å². The SMILES string of the molecule is N[C@H]1CCN(C(=O)CCNc2ncc(C(F)(F)F)cc2Cl)C1. The Morgan fingerprint density at radius 1 is 1.55 bits per heavy atom. The normalized spacial score (nSPS) is 18.6. The van der Waals surface area contributed by atoms with E-state index in [9.17, 15) is 18.0 Å². The van der Waals surface area contributed by atoms with Crippen LogP contribution >= 0.6 is 11.6 Å². The molecule has 0 radical (unpaired) electrons. The smallest absolute Gasteiger partial charge is 0.368 e. The quantitative estimate of drug-likeness (QED) is 0.883. The largest absolute Gasteiger partial charge is 0.417 e. The number of hydrogen-bond acceptors (Lipinski definition) is 4. The maximum atomic E-state index is 12.5. The van der Waals surface area contributed by atoms with Gasteiger partial charge >= 0.3 is 6.18 Å². The lowest BCUT2D eigenvalue weighted by Gasteiger charge is -2.16. The van der Waals surface area contributed by atoms with E-state index in [0.29, 0.717) is 19.3 Å². The van der Waals surface area contributed by atoms with E-state index < -0.39 is 11.7 Å². The highest BCUT2D eigenvalue weighted by Crippen LogP contribution is 2.32. The molecule has 22 heavy (non-hydrogen) atoms. The molecule has 1 aromatic rings. The monoisotopic (exact) mass is 336 g/mol. The summed E-state index contributed by atoms with van der Waals surface area (Å²) in [6, 6.07) is 0.820. The molecule has 1 amide bonds. The summed E-state index contributed by atoms with van der Waals surface area (Å²) in [6.07, 6.45) is -2.80. The Hall–Kier alpha value is -1.54. The minimum atomic E-state index is -4.49. The van der Waals surface area contributed by atoms with E-state index in [1.165, 1.54) is 0 Å². The van der Waals surface area contributed by atoms with Crippen LogP contribution in [-0.4, -0.2) is 41.5 Å². The third kappa shape index (κ3) is 4.23. The van der Waals surface area contributed by atoms with Crippen LogP contribution in [0.4, 0.5) is 19.0 Å². The summed E-state index contributed by atoms with van der Waals surface area (Å²) in [5.74, 6) is 0.0732. The van der Waals surface area contributed by atoms with E-state index in [-0.39, 0.29) is 35.8 Å². The lowest BCUT2D eigenvalue weighted by Crippen LogP contribution is -2.32. The fourth-order valence-electron chi connectivity index (χ4n) is 2.18. The molecule has 0 spiro atoms. The highest BCUT2D eigenvalue weighted by molar-refractivity contribution is 6.32. The van der Waals surface area contributed by atoms with E-state index in [1.54, 1.807) is 4.90 Å². The molecular formula is C13H16ClF3N4O. The predicted octanol–water partition coefficient (Wildman–Crippen LogP) is 2.12. The summed E-state index contributed by atoms with van der Waals surface area (Å²) in [4.78, 5) is 17.2. The molecule has 0 aromatic carbocycles. The fraction of sp³-hybridized carbons (Fsp3) is 0.538. The van der Waals surface area contributed by atoms with Crippen LogP contribution in [0.25, 0.3) is 0 Å². The number of nitrogens with zero attached hydrogens (tertiary/aromatic N) is 2. The molecular weight excluding hydrogens is 321 g/mol. The van der Waals surface area contributed by atoms with Gasteiger partial charge in [-0.2, -0.15) is 13.2 Å². The van der Waals surface area contributed by atoms with Gasteiger partial charge in [0.05, 0.1) is 10.6 Å². The molecule has 0 unspecified atom stereocenters. The Bertz CT molecular complexity index is 553. The maximum absolute atomic E-state index is 12.5. The van der Waals surface area contributed by atoms with Crippen LogP contribution in [0, 0.1) is 0 Å². The first-order valence-corrected chi connectivity index (χ1v) is 7.15. The molecule has 0 saturated carbocycles. The van der Waals surface area contributed by atoms with E-state index in [4.69, 9.17) is 17.3 Å². The molecule has 1 saturated heterocycles. The summed E-state index contributed by atoms with van der Waals surface area (Å²) in [5, 5.41) is 2.63. The van der Waals surface area contributed by atoms with Gasteiger partial charge in [-0.1, -0.05) is 11.6 Å². The minimum Gasteiger partial charge on any atom is -0.368 e. The van der Waals surface area contributed by atoms with Gasteiger partial charge in [0.25, 0.3) is 0 Å². The van der Waals surface area contributed by atoms with Crippen molar-refractivity contribution in [2.24, 2.45) is 5.73 Å². The molecule has 2 rings (SSSR count). The van der Waals surface area contributed by atoms with Crippen molar-refractivity contribution in [3.63, 3.8) is 0 Å². The van der Waals surface area contributed by atoms with E-state index >= 15 is 0 Å². The second-order valence-electron chi connectivity index (χ2n) is 5.12. The van der Waals surface area contributed by atoms with Gasteiger partial charge in [-0.15, -0.1) is 0 Å². The lowest BCUT2D eigenvalue weighted by molar-refractivity contribution is -0.137. The molecule has 5 nitrogen and oxygen atoms in total. The number of likely N-dealkylation sites (tertiary alicyclic amines) is 1. The molecule has 1 aliphatic rings. The second-order valence-corrected chi connectivity index (χ2v) is 5.52. The molecule has 1 atom stereocenters. The van der Waals surface area contributed by atoms with Crippen LogP contribution in [0.5, 0.6) is 0 Å². The topological polar surface area (TPSA) is 71.2 Å². The standard InChI is InChI=1S/C13H16ClF3N4O/c14-10-5-8(13(15,16)17)6-20-12(10)19-3-1-11(22)21-4-2-9(18)7-21/h5-6,9H,1-4,7,18H2,(H,19,20)/t9-/m0/s1. The summed E-state index contributed by atoms with van der Waals surface area (Å²) in [5.41, 5.74) is 4.81. The zero-order chi connectivity index (χ0) is 16.3. The van der Waals surface area contributed by atoms with Crippen LogP contribution in [0.3, 0.4) is 0 Å². The van der Waals surface area contributed by atoms with Gasteiger partial charge in [0, 0.05) is 38.3 Å². The molecule has 1 aliphatic heterocycles. The van der Waals surface area contributed by atoms with Gasteiger partial charge in [0.1, 0.15) is 5.82 Å². The second kappa shape index (κ2) is 6.70. The Kier molecular flexibility index (Phi) is 5.12. The van der Waals surface area contributed by atoms with Gasteiger partial charge in [-0.05, 0) is 12.5 Å². The van der Waals surface area contributed by atoms with E-state index in [1.807, 2.05) is 0 Å². The lowest BCUT2D eigenvalue weighted by atomic mass is 10.2. The predicted molar refractivity (Wildman–Crippen MR) is 76.5 cm³/mol. The fourth-order valence-corrected chi connectivity index (χ4v) is 2.42. The van der Waals surface area contributed by atoms with Gasteiger partial charge in [-0.25, -0.2) is 4.98 Å². The third-order valence-electron chi connectivity index (χ3n) is 3.38. The number of hydrogen-bond donors (Lipinski definition) is 2. The van der Waals surface area contributed by atoms with Gasteiger partial charge in [0.2, 0.25) is 5.91 Å². The van der Waals surface area contributed by atoms with Crippen LogP contribution < -0.4 is 11.1 Å². The number of carbonyl (C=O) groups excluding carboxylic acids is 1. The number of anilines is 1. The Labute approximate surface area is 130 Å². The number of nitrogens with one attached hydrogen (secondary N) is 1. The first-order valence-electron chi connectivity index (χ1n) is 6.77. The molecule has 0 aliphatic carbocycles. The molecule has 2 heterocycles. The first kappa shape index (κ1) is 16.8. The average molecular weight is 337 g/mol. The number of nitrogens with two attached hydrogens (primary N) is 1. The van der Waals surface area contributed by atoms with E-state index in [2.05, 4.69) is 10.3 Å². The summed E-state index contributed by atoms with van der Waals surface area (Å²) >= 11 is 5.76. The summed E-state index contributed by atoms with van der Waals surface area (Å²) in [6.45, 7) is 1.42. The van der Waals surface area contributed by atoms with Crippen molar-refractivity contribution in [3.8, 4) is 0 Å². The Morgan fingerprint density at radius 3 is 2.82 bits per heavy atom. The Balaban J connectivity index is 1.86. The average Bonchev–Trinajstić information content (AvgIpc) is 2.86. The summed E-state index contributed by atoms with van der Waals surface area (Å²) < 4.78 is 37.4. The van der Waals surface area contributed by atoms with Crippen LogP contribution in [0.15, 0.2) is 12.3 Å². The molecule has 122 valence electrons. The number of pyridine rings is 1. The molecule has 3 N–H and O–H groups in total. The molecule has 0 bridgehead atoms. The number of aromatic nitrogens is 1. The number of rotatable bonds is 4. The van der Waals surface area contributed by atoms with Gasteiger partial charge in [-0.3, -0.25) is 4.79 Å². The molecule has 1 aromatic heterocycles. The highest BCUT2D eigenvalue weighted by atomic mass is 35.5. The minimum absolute atomic E-state index is 0.0166. The Morgan fingerprint density at radius 2 is 2.27 bits per heavy atom. The van der Waals surface area contributed by atoms with Crippen LogP contribution in [0.1, 0.15) is 18.4 Å². The van der Waals surface area contributed by atoms with Crippen molar-refractivity contribution < 1.29 is 18.0 Å². The van der Waals surface area contributed by atoms with Crippen molar-refractivity contribution in [3.05, 3.63) is 22.8 Å². The van der Waals surface area contributed by atoms with Crippen LogP contribution in [0.2, 0.25) is 5.02 Å². The number of amides is 1. The highest BCUT2D eigenvalue weighted by Gasteiger charge is 2.31. The summed E-state index contributed by atoms with van der Waals surface area (Å²) in [7, 11) is 0. The van der Waals surface area contributed by atoms with Gasteiger partial charge in [0.15, 0.2) is 0 Å². The van der Waals surface area contributed by atoms with Crippen molar-refractivity contribution in [1.82, 2.24) is 9.88 Å².